The normalized spacial score (nSPS) is 11.7. The van der Waals surface area contributed by atoms with Gasteiger partial charge in [-0.1, -0.05) is 127 Å². The van der Waals surface area contributed by atoms with E-state index in [1.54, 1.807) is 0 Å². The van der Waals surface area contributed by atoms with Crippen LogP contribution in [0.4, 0.5) is 0 Å². The van der Waals surface area contributed by atoms with Crippen molar-refractivity contribution in [2.45, 2.75) is 0 Å². The van der Waals surface area contributed by atoms with Crippen LogP contribution in [0.1, 0.15) is 0 Å². The van der Waals surface area contributed by atoms with E-state index >= 15 is 0 Å². The molecule has 0 radical (unpaired) electrons. The van der Waals surface area contributed by atoms with E-state index < -0.39 is 0 Å². The second kappa shape index (κ2) is 12.1. The van der Waals surface area contributed by atoms with Crippen LogP contribution in [-0.4, -0.2) is 19.5 Å². The summed E-state index contributed by atoms with van der Waals surface area (Å²) in [4.78, 5) is 15.8. The van der Waals surface area contributed by atoms with Crippen LogP contribution in [-0.2, 0) is 0 Å². The summed E-state index contributed by atoms with van der Waals surface area (Å²) in [7, 11) is 0. The summed E-state index contributed by atoms with van der Waals surface area (Å²) in [6.07, 6.45) is 0. The van der Waals surface area contributed by atoms with E-state index in [2.05, 4.69) is 156 Å². The van der Waals surface area contributed by atoms with Gasteiger partial charge >= 0.3 is 0 Å². The average Bonchev–Trinajstić information content (AvgIpc) is 3.79. The zero-order valence-corrected chi connectivity index (χ0v) is 29.0. The van der Waals surface area contributed by atoms with Crippen molar-refractivity contribution in [1.29, 1.82) is 0 Å². The zero-order valence-electron chi connectivity index (χ0n) is 29.0. The van der Waals surface area contributed by atoms with E-state index in [9.17, 15) is 0 Å². The van der Waals surface area contributed by atoms with Crippen LogP contribution in [0.5, 0.6) is 0 Å². The van der Waals surface area contributed by atoms with Gasteiger partial charge in [0.2, 0.25) is 0 Å². The number of furan rings is 1. The fourth-order valence-corrected chi connectivity index (χ4v) is 7.95. The fourth-order valence-electron chi connectivity index (χ4n) is 7.95. The Morgan fingerprint density at radius 3 is 1.83 bits per heavy atom. The molecule has 0 amide bonds. The molecule has 11 rings (SSSR count). The second-order valence-electron chi connectivity index (χ2n) is 13.6. The number of hydrogen-bond donors (Lipinski definition) is 0. The molecule has 0 bridgehead atoms. The molecule has 0 aliphatic rings. The van der Waals surface area contributed by atoms with E-state index in [4.69, 9.17) is 19.4 Å². The van der Waals surface area contributed by atoms with E-state index in [-0.39, 0.29) is 0 Å². The predicted octanol–water partition coefficient (Wildman–Crippen LogP) is 12.7. The maximum Gasteiger partial charge on any atom is 0.165 e. The van der Waals surface area contributed by atoms with Crippen molar-refractivity contribution < 1.29 is 4.42 Å². The lowest BCUT2D eigenvalue weighted by Gasteiger charge is -2.15. The molecule has 0 spiro atoms. The molecule has 11 aromatic rings. The van der Waals surface area contributed by atoms with Gasteiger partial charge in [0.25, 0.3) is 0 Å². The SMILES string of the molecule is c1ccc(-c2nc(-c3ccc4c(c3)c3ccccc3n4-c3ccccc3)nc(-c3c(-c4ccc5oc6ccccc6c5c4)ccc4ccccc34)n2)cc1. The van der Waals surface area contributed by atoms with Crippen LogP contribution in [0.25, 0.3) is 105 Å². The van der Waals surface area contributed by atoms with Crippen LogP contribution in [0.3, 0.4) is 0 Å². The maximum atomic E-state index is 6.21. The first-order valence-corrected chi connectivity index (χ1v) is 18.1. The van der Waals surface area contributed by atoms with Gasteiger partial charge in [-0.05, 0) is 76.5 Å². The first-order chi connectivity index (χ1) is 26.8. The van der Waals surface area contributed by atoms with Crippen molar-refractivity contribution in [2.75, 3.05) is 0 Å². The minimum absolute atomic E-state index is 0.618. The Balaban J connectivity index is 1.17. The highest BCUT2D eigenvalue weighted by Crippen LogP contribution is 2.41. The zero-order chi connectivity index (χ0) is 35.6. The molecule has 5 nitrogen and oxygen atoms in total. The lowest BCUT2D eigenvalue weighted by atomic mass is 9.92. The lowest BCUT2D eigenvalue weighted by Crippen LogP contribution is -2.02. The van der Waals surface area contributed by atoms with Crippen LogP contribution in [0.15, 0.2) is 186 Å². The number of fused-ring (bicyclic) bond motifs is 7. The van der Waals surface area contributed by atoms with Gasteiger partial charge < -0.3 is 8.98 Å². The minimum Gasteiger partial charge on any atom is -0.456 e. The van der Waals surface area contributed by atoms with Gasteiger partial charge in [0.15, 0.2) is 17.5 Å². The number of nitrogens with zero attached hydrogens (tertiary/aromatic N) is 4. The minimum atomic E-state index is 0.618. The molecule has 0 aliphatic heterocycles. The van der Waals surface area contributed by atoms with Crippen LogP contribution in [0, 0.1) is 0 Å². The smallest absolute Gasteiger partial charge is 0.165 e. The standard InChI is InChI=1S/C49H30N4O/c1-3-14-32(15-4-1)47-50-48(34-24-27-43-40(30-34)38-19-9-11-21-42(38)53(43)35-16-5-2-6-17-35)52-49(51-47)46-36-18-8-7-13-31(36)23-26-37(46)33-25-28-45-41(29-33)39-20-10-12-22-44(39)54-45/h1-30H. The highest BCUT2D eigenvalue weighted by atomic mass is 16.3. The molecule has 5 heteroatoms. The van der Waals surface area contributed by atoms with Gasteiger partial charge in [-0.15, -0.1) is 0 Å². The van der Waals surface area contributed by atoms with Crippen molar-refractivity contribution in [1.82, 2.24) is 19.5 Å². The summed E-state index contributed by atoms with van der Waals surface area (Å²) >= 11 is 0. The van der Waals surface area contributed by atoms with Crippen LogP contribution in [0.2, 0.25) is 0 Å². The highest BCUT2D eigenvalue weighted by Gasteiger charge is 2.21. The molecule has 252 valence electrons. The van der Waals surface area contributed by atoms with Gasteiger partial charge in [-0.3, -0.25) is 0 Å². The van der Waals surface area contributed by atoms with Gasteiger partial charge in [0, 0.05) is 43.9 Å². The first-order valence-electron chi connectivity index (χ1n) is 18.1. The van der Waals surface area contributed by atoms with E-state index in [0.29, 0.717) is 17.5 Å². The molecule has 3 aromatic heterocycles. The lowest BCUT2D eigenvalue weighted by molar-refractivity contribution is 0.669. The van der Waals surface area contributed by atoms with Crippen molar-refractivity contribution in [2.24, 2.45) is 0 Å². The third-order valence-electron chi connectivity index (χ3n) is 10.5. The summed E-state index contributed by atoms with van der Waals surface area (Å²) in [5.74, 6) is 1.86. The predicted molar refractivity (Wildman–Crippen MR) is 221 cm³/mol. The van der Waals surface area contributed by atoms with Gasteiger partial charge in [-0.25, -0.2) is 15.0 Å². The van der Waals surface area contributed by atoms with Gasteiger partial charge in [-0.2, -0.15) is 0 Å². The Kier molecular flexibility index (Phi) is 6.79. The Bertz CT molecular complexity index is 3220. The molecule has 0 atom stereocenters. The number of benzene rings is 8. The van der Waals surface area contributed by atoms with Crippen molar-refractivity contribution in [3.63, 3.8) is 0 Å². The molecule has 0 saturated carbocycles. The third-order valence-corrected chi connectivity index (χ3v) is 10.5. The Labute approximate surface area is 310 Å². The molecule has 0 N–H and O–H groups in total. The van der Waals surface area contributed by atoms with Crippen molar-refractivity contribution in [3.8, 4) is 51.0 Å². The molecule has 0 unspecified atom stereocenters. The van der Waals surface area contributed by atoms with Crippen molar-refractivity contribution >= 4 is 54.5 Å². The number of hydrogen-bond acceptors (Lipinski definition) is 4. The van der Waals surface area contributed by atoms with E-state index in [1.807, 2.05) is 30.3 Å². The summed E-state index contributed by atoms with van der Waals surface area (Å²) in [5, 5.41) is 6.67. The quantitative estimate of drug-likeness (QED) is 0.180. The maximum absolute atomic E-state index is 6.21. The molecule has 0 saturated heterocycles. The largest absolute Gasteiger partial charge is 0.456 e. The summed E-state index contributed by atoms with van der Waals surface area (Å²) < 4.78 is 8.53. The Morgan fingerprint density at radius 1 is 0.370 bits per heavy atom. The number of para-hydroxylation sites is 3. The number of rotatable bonds is 5. The second-order valence-corrected chi connectivity index (χ2v) is 13.6. The first kappa shape index (κ1) is 30.3. The molecular formula is C49H30N4O. The van der Waals surface area contributed by atoms with E-state index in [0.717, 1.165) is 82.6 Å². The van der Waals surface area contributed by atoms with Gasteiger partial charge in [0.1, 0.15) is 11.2 Å². The molecule has 0 fully saturated rings. The highest BCUT2D eigenvalue weighted by molar-refractivity contribution is 6.11. The summed E-state index contributed by atoms with van der Waals surface area (Å²) in [6.45, 7) is 0. The van der Waals surface area contributed by atoms with Crippen LogP contribution >= 0.6 is 0 Å². The molecule has 8 aromatic carbocycles. The fraction of sp³-hybridized carbons (Fsp3) is 0. The molecular weight excluding hydrogens is 661 g/mol. The summed E-state index contributed by atoms with van der Waals surface area (Å²) in [5.41, 5.74) is 10.1. The molecule has 54 heavy (non-hydrogen) atoms. The molecule has 3 heterocycles. The van der Waals surface area contributed by atoms with Crippen molar-refractivity contribution in [3.05, 3.63) is 182 Å². The van der Waals surface area contributed by atoms with E-state index in [1.165, 1.54) is 5.39 Å². The Hall–Kier alpha value is -7.37. The number of aromatic nitrogens is 4. The van der Waals surface area contributed by atoms with Crippen LogP contribution < -0.4 is 0 Å². The third kappa shape index (κ3) is 4.83. The monoisotopic (exact) mass is 690 g/mol. The summed E-state index contributed by atoms with van der Waals surface area (Å²) in [6, 6.07) is 63.3. The van der Waals surface area contributed by atoms with Gasteiger partial charge in [0.05, 0.1) is 11.0 Å². The Morgan fingerprint density at radius 2 is 0.981 bits per heavy atom. The molecule has 0 aliphatic carbocycles. The average molecular weight is 691 g/mol. The topological polar surface area (TPSA) is 56.7 Å².